The molecule has 0 aliphatic carbocycles. The molecule has 3 rings (SSSR count). The van der Waals surface area contributed by atoms with Crippen molar-refractivity contribution in [2.45, 2.75) is 31.1 Å². The molecule has 0 spiro atoms. The minimum absolute atomic E-state index is 0.120. The standard InChI is InChI=1S/C10H16N5O7P/c11-9-13-8-7(10(16,17)14-9)12-4-15(8)6-2-1-5(22-6)3-21-23(18,19)20/h4-6,16-17H,1-3H2,(H3,11,13,14)(H2,18,19,20)/t5-,6+/m0/s1. The van der Waals surface area contributed by atoms with Crippen LogP contribution in [0.15, 0.2) is 11.3 Å². The number of nitrogens with zero attached hydrogens (tertiary/aromatic N) is 3. The van der Waals surface area contributed by atoms with Crippen molar-refractivity contribution in [1.82, 2.24) is 9.55 Å². The van der Waals surface area contributed by atoms with Crippen molar-refractivity contribution in [3.05, 3.63) is 12.0 Å². The first-order chi connectivity index (χ1) is 10.7. The molecule has 1 fully saturated rings. The van der Waals surface area contributed by atoms with E-state index in [2.05, 4.69) is 19.8 Å². The number of ether oxygens (including phenoxy) is 1. The minimum Gasteiger partial charge on any atom is -0.369 e. The fourth-order valence-electron chi connectivity index (χ4n) is 2.51. The molecule has 23 heavy (non-hydrogen) atoms. The van der Waals surface area contributed by atoms with Gasteiger partial charge in [0.25, 0.3) is 0 Å². The Kier molecular flexibility index (Phi) is 3.92. The second kappa shape index (κ2) is 5.53. The van der Waals surface area contributed by atoms with Crippen LogP contribution in [0.25, 0.3) is 0 Å². The molecule has 0 amide bonds. The quantitative estimate of drug-likeness (QED) is 0.276. The van der Waals surface area contributed by atoms with Crippen LogP contribution in [-0.2, 0) is 19.7 Å². The number of rotatable bonds is 4. The highest BCUT2D eigenvalue weighted by Crippen LogP contribution is 2.39. The normalized spacial score (nSPS) is 26.5. The number of nitrogens with one attached hydrogen (secondary N) is 1. The Hall–Kier alpha value is -1.53. The summed E-state index contributed by atoms with van der Waals surface area (Å²) < 4.78 is 22.3. The van der Waals surface area contributed by atoms with E-state index in [9.17, 15) is 14.8 Å². The van der Waals surface area contributed by atoms with E-state index in [1.807, 2.05) is 0 Å². The molecule has 128 valence electrons. The van der Waals surface area contributed by atoms with Gasteiger partial charge in [0.15, 0.2) is 11.7 Å². The third-order valence-electron chi connectivity index (χ3n) is 3.46. The number of aliphatic hydroxyl groups is 2. The molecular formula is C10H16N5O7P. The maximum atomic E-state index is 10.7. The fraction of sp³-hybridized carbons (Fsp3) is 0.600. The zero-order valence-electron chi connectivity index (χ0n) is 11.7. The van der Waals surface area contributed by atoms with Crippen LogP contribution in [0.5, 0.6) is 0 Å². The lowest BCUT2D eigenvalue weighted by atomic mass is 10.2. The molecule has 12 nitrogen and oxygen atoms in total. The van der Waals surface area contributed by atoms with E-state index < -0.39 is 26.1 Å². The molecule has 0 saturated carbocycles. The number of phosphoric ester groups is 1. The molecule has 2 aliphatic heterocycles. The molecule has 2 aliphatic rings. The summed E-state index contributed by atoms with van der Waals surface area (Å²) in [6.45, 7) is -0.251. The van der Waals surface area contributed by atoms with Crippen LogP contribution in [0.2, 0.25) is 0 Å². The van der Waals surface area contributed by atoms with Crippen molar-refractivity contribution in [2.75, 3.05) is 11.9 Å². The monoisotopic (exact) mass is 349 g/mol. The summed E-state index contributed by atoms with van der Waals surface area (Å²) in [5.41, 5.74) is 5.38. The van der Waals surface area contributed by atoms with Gasteiger partial charge in [-0.1, -0.05) is 0 Å². The number of aliphatic imine (C=N–C) groups is 1. The summed E-state index contributed by atoms with van der Waals surface area (Å²) in [5, 5.41) is 22.3. The SMILES string of the molecule is NC1=NC(O)(O)c2ncn([C@H]3CC[C@@H](COP(=O)(O)O)O3)c2N1. The number of fused-ring (bicyclic) bond motifs is 1. The topological polar surface area (TPSA) is 185 Å². The number of hydrogen-bond acceptors (Lipinski definition) is 9. The van der Waals surface area contributed by atoms with Gasteiger partial charge >= 0.3 is 13.7 Å². The van der Waals surface area contributed by atoms with Gasteiger partial charge < -0.3 is 35.8 Å². The second-order valence-electron chi connectivity index (χ2n) is 5.18. The van der Waals surface area contributed by atoms with Crippen molar-refractivity contribution in [3.8, 4) is 0 Å². The molecule has 1 aromatic heterocycles. The van der Waals surface area contributed by atoms with Crippen molar-refractivity contribution in [3.63, 3.8) is 0 Å². The van der Waals surface area contributed by atoms with E-state index in [1.54, 1.807) is 0 Å². The number of hydrogen-bond donors (Lipinski definition) is 6. The molecule has 7 N–H and O–H groups in total. The first-order valence-electron chi connectivity index (χ1n) is 6.65. The minimum atomic E-state index is -4.55. The molecular weight excluding hydrogens is 333 g/mol. The molecule has 2 atom stereocenters. The highest BCUT2D eigenvalue weighted by Gasteiger charge is 2.39. The zero-order valence-corrected chi connectivity index (χ0v) is 12.6. The lowest BCUT2D eigenvalue weighted by Crippen LogP contribution is -2.38. The molecule has 13 heteroatoms. The van der Waals surface area contributed by atoms with Gasteiger partial charge in [-0.2, -0.15) is 4.99 Å². The molecule has 0 radical (unpaired) electrons. The maximum absolute atomic E-state index is 10.7. The van der Waals surface area contributed by atoms with Crippen LogP contribution in [0, 0.1) is 0 Å². The van der Waals surface area contributed by atoms with Crippen molar-refractivity contribution in [2.24, 2.45) is 10.7 Å². The average Bonchev–Trinajstić information content (AvgIpc) is 3.00. The summed E-state index contributed by atoms with van der Waals surface area (Å²) in [7, 11) is -4.55. The fourth-order valence-corrected chi connectivity index (χ4v) is 2.87. The third-order valence-corrected chi connectivity index (χ3v) is 3.94. The van der Waals surface area contributed by atoms with Crippen LogP contribution in [0.4, 0.5) is 5.82 Å². The van der Waals surface area contributed by atoms with Crippen LogP contribution in [0.3, 0.4) is 0 Å². The highest BCUT2D eigenvalue weighted by atomic mass is 31.2. The molecule has 0 aromatic carbocycles. The Morgan fingerprint density at radius 1 is 1.52 bits per heavy atom. The molecule has 1 aromatic rings. The van der Waals surface area contributed by atoms with Gasteiger partial charge in [0.2, 0.25) is 0 Å². The lowest BCUT2D eigenvalue weighted by Gasteiger charge is -2.25. The van der Waals surface area contributed by atoms with Gasteiger partial charge in [-0.25, -0.2) is 9.55 Å². The molecule has 0 bridgehead atoms. The molecule has 0 unspecified atom stereocenters. The van der Waals surface area contributed by atoms with Gasteiger partial charge in [-0.3, -0.25) is 9.09 Å². The van der Waals surface area contributed by atoms with Gasteiger partial charge in [-0.15, -0.1) is 0 Å². The van der Waals surface area contributed by atoms with E-state index in [0.29, 0.717) is 12.8 Å². The number of aromatic nitrogens is 2. The van der Waals surface area contributed by atoms with Crippen molar-refractivity contribution in [1.29, 1.82) is 0 Å². The molecule has 3 heterocycles. The Balaban J connectivity index is 1.73. The second-order valence-corrected chi connectivity index (χ2v) is 6.42. The zero-order chi connectivity index (χ0) is 16.8. The maximum Gasteiger partial charge on any atom is 0.469 e. The highest BCUT2D eigenvalue weighted by molar-refractivity contribution is 7.46. The smallest absolute Gasteiger partial charge is 0.369 e. The first kappa shape index (κ1) is 16.3. The largest absolute Gasteiger partial charge is 0.469 e. The van der Waals surface area contributed by atoms with Gasteiger partial charge in [-0.05, 0) is 12.8 Å². The van der Waals surface area contributed by atoms with E-state index >= 15 is 0 Å². The lowest BCUT2D eigenvalue weighted by molar-refractivity contribution is -0.164. The first-order valence-corrected chi connectivity index (χ1v) is 8.19. The van der Waals surface area contributed by atoms with E-state index in [0.717, 1.165) is 0 Å². The summed E-state index contributed by atoms with van der Waals surface area (Å²) in [5.74, 6) is -2.50. The van der Waals surface area contributed by atoms with Crippen LogP contribution >= 0.6 is 7.82 Å². The Bertz CT molecular complexity index is 683. The van der Waals surface area contributed by atoms with Gasteiger partial charge in [0, 0.05) is 0 Å². The van der Waals surface area contributed by atoms with E-state index in [-0.39, 0.29) is 24.1 Å². The number of nitrogens with two attached hydrogens (primary N) is 1. The average molecular weight is 349 g/mol. The van der Waals surface area contributed by atoms with E-state index in [1.165, 1.54) is 10.9 Å². The number of anilines is 1. The predicted octanol–water partition coefficient (Wildman–Crippen LogP) is -1.49. The van der Waals surface area contributed by atoms with Gasteiger partial charge in [0.05, 0.1) is 19.0 Å². The van der Waals surface area contributed by atoms with Gasteiger partial charge in [0.1, 0.15) is 12.0 Å². The summed E-state index contributed by atoms with van der Waals surface area (Å²) in [6.07, 6.45) is 1.33. The number of phosphoric acid groups is 1. The predicted molar refractivity (Wildman–Crippen MR) is 74.7 cm³/mol. The Morgan fingerprint density at radius 3 is 2.96 bits per heavy atom. The van der Waals surface area contributed by atoms with Crippen LogP contribution in [-0.4, -0.2) is 48.2 Å². The summed E-state index contributed by atoms with van der Waals surface area (Å²) in [6, 6.07) is 0. The Labute approximate surface area is 129 Å². The summed E-state index contributed by atoms with van der Waals surface area (Å²) in [4.78, 5) is 24.7. The number of guanidine groups is 1. The third kappa shape index (κ3) is 3.38. The number of imidazole rings is 1. The van der Waals surface area contributed by atoms with Crippen LogP contribution in [0.1, 0.15) is 24.8 Å². The molecule has 1 saturated heterocycles. The van der Waals surface area contributed by atoms with Crippen LogP contribution < -0.4 is 11.1 Å². The van der Waals surface area contributed by atoms with Crippen molar-refractivity contribution >= 4 is 19.6 Å². The van der Waals surface area contributed by atoms with E-state index in [4.69, 9.17) is 20.3 Å². The Morgan fingerprint density at radius 2 is 2.26 bits per heavy atom. The summed E-state index contributed by atoms with van der Waals surface area (Å²) >= 11 is 0. The van der Waals surface area contributed by atoms with Crippen molar-refractivity contribution < 1.29 is 33.8 Å².